The Kier molecular flexibility index (Phi) is 5.82. The molecule has 1 saturated heterocycles. The molecule has 3 amide bonds. The Balaban J connectivity index is 1.39. The lowest BCUT2D eigenvalue weighted by molar-refractivity contribution is -0.151. The number of esters is 1. The van der Waals surface area contributed by atoms with Crippen molar-refractivity contribution in [1.82, 2.24) is 9.80 Å². The van der Waals surface area contributed by atoms with Gasteiger partial charge in [-0.15, -0.1) is 0 Å². The molecule has 2 heterocycles. The number of hydrogen-bond acceptors (Lipinski definition) is 5. The van der Waals surface area contributed by atoms with Crippen LogP contribution in [0.15, 0.2) is 48.5 Å². The van der Waals surface area contributed by atoms with Crippen LogP contribution in [0.2, 0.25) is 0 Å². The molecule has 2 aliphatic heterocycles. The third-order valence-corrected chi connectivity index (χ3v) is 6.55. The summed E-state index contributed by atoms with van der Waals surface area (Å²) >= 11 is 0. The summed E-state index contributed by atoms with van der Waals surface area (Å²) in [6.07, 6.45) is 0.977. The molecule has 0 unspecified atom stereocenters. The molecule has 2 aromatic carbocycles. The number of fused-ring (bicyclic) bond motifs is 1. The number of rotatable bonds is 5. The zero-order valence-electron chi connectivity index (χ0n) is 18.3. The first-order valence-electron chi connectivity index (χ1n) is 10.8. The Hall–Kier alpha value is -3.48. The van der Waals surface area contributed by atoms with E-state index in [0.29, 0.717) is 37.1 Å². The van der Waals surface area contributed by atoms with Gasteiger partial charge < -0.3 is 9.64 Å². The molecule has 0 saturated carbocycles. The second-order valence-electron chi connectivity index (χ2n) is 8.38. The van der Waals surface area contributed by atoms with Crippen molar-refractivity contribution in [2.45, 2.75) is 31.6 Å². The minimum Gasteiger partial charge on any atom is -0.468 e. The summed E-state index contributed by atoms with van der Waals surface area (Å²) in [5.74, 6) is -1.14. The van der Waals surface area contributed by atoms with Gasteiger partial charge in [-0.2, -0.15) is 0 Å². The number of hydrogen-bond donors (Lipinski definition) is 0. The Morgan fingerprint density at radius 3 is 2.28 bits per heavy atom. The van der Waals surface area contributed by atoms with E-state index in [9.17, 15) is 19.2 Å². The van der Waals surface area contributed by atoms with Gasteiger partial charge in [0.15, 0.2) is 0 Å². The van der Waals surface area contributed by atoms with Crippen LogP contribution < -0.4 is 0 Å². The third-order valence-electron chi connectivity index (χ3n) is 6.55. The van der Waals surface area contributed by atoms with Crippen molar-refractivity contribution in [3.63, 3.8) is 0 Å². The van der Waals surface area contributed by atoms with Crippen LogP contribution in [0.3, 0.4) is 0 Å². The van der Waals surface area contributed by atoms with E-state index in [-0.39, 0.29) is 36.7 Å². The molecule has 0 atom stereocenters. The Bertz CT molecular complexity index is 1070. The summed E-state index contributed by atoms with van der Waals surface area (Å²) in [5.41, 5.74) is 1.81. The predicted molar refractivity (Wildman–Crippen MR) is 117 cm³/mol. The van der Waals surface area contributed by atoms with Crippen LogP contribution >= 0.6 is 0 Å². The lowest BCUT2D eigenvalue weighted by atomic mass is 9.72. The smallest absolute Gasteiger partial charge is 0.316 e. The van der Waals surface area contributed by atoms with E-state index in [2.05, 4.69) is 0 Å². The molecule has 0 spiro atoms. The number of aryl methyl sites for hydroxylation is 1. The molecule has 0 bridgehead atoms. The number of benzene rings is 2. The lowest BCUT2D eigenvalue weighted by Gasteiger charge is -2.40. The number of carbonyl (C=O) groups is 4. The number of imide groups is 1. The van der Waals surface area contributed by atoms with Gasteiger partial charge in [0.05, 0.1) is 23.7 Å². The van der Waals surface area contributed by atoms with Crippen LogP contribution in [-0.4, -0.2) is 60.2 Å². The van der Waals surface area contributed by atoms with Gasteiger partial charge in [-0.3, -0.25) is 24.1 Å². The molecule has 166 valence electrons. The van der Waals surface area contributed by atoms with Crippen molar-refractivity contribution >= 4 is 23.7 Å². The van der Waals surface area contributed by atoms with Gasteiger partial charge >= 0.3 is 5.97 Å². The fraction of sp³-hybridized carbons (Fsp3) is 0.360. The van der Waals surface area contributed by atoms with E-state index in [4.69, 9.17) is 4.74 Å². The molecule has 0 radical (unpaired) electrons. The molecule has 7 heteroatoms. The normalized spacial score (nSPS) is 17.3. The molecule has 7 nitrogen and oxygen atoms in total. The molecule has 32 heavy (non-hydrogen) atoms. The third kappa shape index (κ3) is 3.68. The highest BCUT2D eigenvalue weighted by molar-refractivity contribution is 6.21. The van der Waals surface area contributed by atoms with Gasteiger partial charge in [-0.05, 0) is 37.5 Å². The molecule has 0 aliphatic carbocycles. The van der Waals surface area contributed by atoms with Gasteiger partial charge in [0.2, 0.25) is 5.91 Å². The van der Waals surface area contributed by atoms with Gasteiger partial charge in [0.1, 0.15) is 0 Å². The summed E-state index contributed by atoms with van der Waals surface area (Å²) in [4.78, 5) is 53.6. The maximum Gasteiger partial charge on any atom is 0.316 e. The Labute approximate surface area is 187 Å². The SMILES string of the molecule is COC(=O)C1(c2ccccc2)CCN(C(=O)CCN2C(=O)c3ccc(C)cc3C2=O)CC1. The quantitative estimate of drug-likeness (QED) is 0.534. The molecule has 2 aromatic rings. The van der Waals surface area contributed by atoms with Crippen molar-refractivity contribution < 1.29 is 23.9 Å². The average Bonchev–Trinajstić information content (AvgIpc) is 3.06. The van der Waals surface area contributed by atoms with Crippen molar-refractivity contribution in [3.8, 4) is 0 Å². The molecule has 2 aliphatic rings. The maximum atomic E-state index is 12.8. The Morgan fingerprint density at radius 1 is 0.969 bits per heavy atom. The predicted octanol–water partition coefficient (Wildman–Crippen LogP) is 2.71. The topological polar surface area (TPSA) is 84.0 Å². The van der Waals surface area contributed by atoms with Crippen LogP contribution in [0.5, 0.6) is 0 Å². The second kappa shape index (κ2) is 8.57. The molecular formula is C25H26N2O5. The first-order valence-corrected chi connectivity index (χ1v) is 10.8. The fourth-order valence-corrected chi connectivity index (χ4v) is 4.67. The van der Waals surface area contributed by atoms with Gasteiger partial charge in [-0.25, -0.2) is 0 Å². The molecule has 0 aromatic heterocycles. The van der Waals surface area contributed by atoms with Crippen molar-refractivity contribution in [2.75, 3.05) is 26.7 Å². The van der Waals surface area contributed by atoms with Crippen LogP contribution in [-0.2, 0) is 19.7 Å². The highest BCUT2D eigenvalue weighted by Gasteiger charge is 2.45. The zero-order chi connectivity index (χ0) is 22.9. The summed E-state index contributed by atoms with van der Waals surface area (Å²) in [5, 5.41) is 0. The highest BCUT2D eigenvalue weighted by atomic mass is 16.5. The van der Waals surface area contributed by atoms with E-state index in [1.807, 2.05) is 37.3 Å². The van der Waals surface area contributed by atoms with Crippen molar-refractivity contribution in [1.29, 1.82) is 0 Å². The van der Waals surface area contributed by atoms with E-state index < -0.39 is 5.41 Å². The monoisotopic (exact) mass is 434 g/mol. The maximum absolute atomic E-state index is 12.8. The molecule has 4 rings (SSSR count). The number of amides is 3. The summed E-state index contributed by atoms with van der Waals surface area (Å²) in [6, 6.07) is 14.7. The molecule has 0 N–H and O–H groups in total. The second-order valence-corrected chi connectivity index (χ2v) is 8.38. The van der Waals surface area contributed by atoms with E-state index in [0.717, 1.165) is 16.0 Å². The summed E-state index contributed by atoms with van der Waals surface area (Å²) < 4.78 is 5.10. The first-order chi connectivity index (χ1) is 15.4. The standard InChI is InChI=1S/C25H26N2O5/c1-17-8-9-19-20(16-17)23(30)27(22(19)29)13-10-21(28)26-14-11-25(12-15-26,24(31)32-2)18-6-4-3-5-7-18/h3-9,16H,10-15H2,1-2H3. The molecule has 1 fully saturated rings. The summed E-state index contributed by atoms with van der Waals surface area (Å²) in [7, 11) is 1.38. The Morgan fingerprint density at radius 2 is 1.62 bits per heavy atom. The van der Waals surface area contributed by atoms with Crippen molar-refractivity contribution in [2.24, 2.45) is 0 Å². The minimum absolute atomic E-state index is 0.0432. The van der Waals surface area contributed by atoms with Gasteiger partial charge in [0.25, 0.3) is 11.8 Å². The van der Waals surface area contributed by atoms with E-state index in [1.165, 1.54) is 7.11 Å². The van der Waals surface area contributed by atoms with E-state index in [1.54, 1.807) is 23.1 Å². The largest absolute Gasteiger partial charge is 0.468 e. The number of nitrogens with zero attached hydrogens (tertiary/aromatic N) is 2. The minimum atomic E-state index is -0.771. The fourth-order valence-electron chi connectivity index (χ4n) is 4.67. The highest BCUT2D eigenvalue weighted by Crippen LogP contribution is 2.37. The number of carbonyl (C=O) groups excluding carboxylic acids is 4. The number of methoxy groups -OCH3 is 1. The number of ether oxygens (including phenoxy) is 1. The van der Waals surface area contributed by atoms with Gasteiger partial charge in [-0.1, -0.05) is 42.0 Å². The average molecular weight is 434 g/mol. The first kappa shape index (κ1) is 21.7. The number of piperidine rings is 1. The summed E-state index contributed by atoms with van der Waals surface area (Å²) in [6.45, 7) is 2.72. The van der Waals surface area contributed by atoms with Crippen LogP contribution in [0, 0.1) is 6.92 Å². The van der Waals surface area contributed by atoms with Crippen LogP contribution in [0.4, 0.5) is 0 Å². The molecular weight excluding hydrogens is 408 g/mol. The number of likely N-dealkylation sites (tertiary alicyclic amines) is 1. The van der Waals surface area contributed by atoms with Crippen molar-refractivity contribution in [3.05, 3.63) is 70.8 Å². The lowest BCUT2D eigenvalue weighted by Crippen LogP contribution is -2.50. The van der Waals surface area contributed by atoms with Gasteiger partial charge in [0, 0.05) is 26.1 Å². The van der Waals surface area contributed by atoms with Crippen LogP contribution in [0.25, 0.3) is 0 Å². The zero-order valence-corrected chi connectivity index (χ0v) is 18.3. The van der Waals surface area contributed by atoms with E-state index >= 15 is 0 Å². The van der Waals surface area contributed by atoms with Crippen LogP contribution in [0.1, 0.15) is 51.1 Å².